The zero-order valence-corrected chi connectivity index (χ0v) is 14.9. The van der Waals surface area contributed by atoms with Crippen molar-refractivity contribution in [2.24, 2.45) is 4.99 Å². The number of unbranched alkanes of at least 4 members (excludes halogenated alkanes) is 1. The number of nitrogens with one attached hydrogen (secondary N) is 2. The largest absolute Gasteiger partial charge is 0.383 e. The maximum absolute atomic E-state index is 5.12. The van der Waals surface area contributed by atoms with Gasteiger partial charge in [-0.1, -0.05) is 6.92 Å². The number of nitrogens with zero attached hydrogens (tertiary/aromatic N) is 3. The van der Waals surface area contributed by atoms with E-state index in [0.29, 0.717) is 6.61 Å². The Bertz CT molecular complexity index is 303. The monoisotopic (exact) mass is 313 g/mol. The van der Waals surface area contributed by atoms with Crippen LogP contribution in [0.25, 0.3) is 0 Å². The second-order valence-corrected chi connectivity index (χ2v) is 5.98. The van der Waals surface area contributed by atoms with Crippen LogP contribution in [-0.4, -0.2) is 88.4 Å². The second kappa shape index (κ2) is 11.7. The molecule has 1 heterocycles. The Hall–Kier alpha value is -0.850. The topological polar surface area (TPSA) is 52.1 Å². The highest BCUT2D eigenvalue weighted by Crippen LogP contribution is 2.02. The first-order valence-corrected chi connectivity index (χ1v) is 8.60. The van der Waals surface area contributed by atoms with E-state index in [1.165, 1.54) is 52.1 Å². The highest BCUT2D eigenvalue weighted by atomic mass is 16.5. The summed E-state index contributed by atoms with van der Waals surface area (Å²) in [5, 5.41) is 6.69. The fraction of sp³-hybridized carbons (Fsp3) is 0.938. The van der Waals surface area contributed by atoms with Gasteiger partial charge in [-0.05, 0) is 32.9 Å². The molecule has 1 saturated heterocycles. The van der Waals surface area contributed by atoms with Gasteiger partial charge in [-0.3, -0.25) is 4.99 Å². The van der Waals surface area contributed by atoms with Crippen molar-refractivity contribution in [1.29, 1.82) is 0 Å². The lowest BCUT2D eigenvalue weighted by molar-refractivity contribution is 0.136. The molecular weight excluding hydrogens is 278 g/mol. The van der Waals surface area contributed by atoms with Crippen molar-refractivity contribution in [2.75, 3.05) is 66.6 Å². The van der Waals surface area contributed by atoms with Gasteiger partial charge >= 0.3 is 0 Å². The Balaban J connectivity index is 2.04. The van der Waals surface area contributed by atoms with E-state index < -0.39 is 0 Å². The fourth-order valence-corrected chi connectivity index (χ4v) is 2.72. The molecule has 6 nitrogen and oxygen atoms in total. The summed E-state index contributed by atoms with van der Waals surface area (Å²) in [5.74, 6) is 0.862. The first kappa shape index (κ1) is 19.2. The summed E-state index contributed by atoms with van der Waals surface area (Å²) in [6.45, 7) is 13.3. The molecule has 0 spiro atoms. The molecule has 1 rings (SSSR count). The lowest BCUT2D eigenvalue weighted by Gasteiger charge is -2.34. The normalized spacial score (nSPS) is 19.2. The van der Waals surface area contributed by atoms with Crippen molar-refractivity contribution in [2.45, 2.75) is 32.7 Å². The molecule has 1 aliphatic heterocycles. The van der Waals surface area contributed by atoms with Gasteiger partial charge in [0.25, 0.3) is 0 Å². The molecule has 0 amide bonds. The van der Waals surface area contributed by atoms with Gasteiger partial charge in [0.15, 0.2) is 5.96 Å². The van der Waals surface area contributed by atoms with Gasteiger partial charge < -0.3 is 25.2 Å². The molecule has 0 aromatic carbocycles. The number of rotatable bonds is 9. The third-order valence-corrected chi connectivity index (χ3v) is 4.13. The molecule has 1 atom stereocenters. The Labute approximate surface area is 136 Å². The van der Waals surface area contributed by atoms with Gasteiger partial charge in [-0.2, -0.15) is 0 Å². The smallest absolute Gasteiger partial charge is 0.191 e. The van der Waals surface area contributed by atoms with E-state index >= 15 is 0 Å². The van der Waals surface area contributed by atoms with E-state index in [1.807, 2.05) is 7.05 Å². The Morgan fingerprint density at radius 1 is 1.18 bits per heavy atom. The summed E-state index contributed by atoms with van der Waals surface area (Å²) in [7, 11) is 3.52. The van der Waals surface area contributed by atoms with Crippen LogP contribution in [0.15, 0.2) is 4.99 Å². The van der Waals surface area contributed by atoms with Crippen LogP contribution in [0.2, 0.25) is 0 Å². The molecule has 1 aliphatic rings. The second-order valence-electron chi connectivity index (χ2n) is 5.98. The Morgan fingerprint density at radius 2 is 1.86 bits per heavy atom. The molecule has 2 N–H and O–H groups in total. The Morgan fingerprint density at radius 3 is 2.45 bits per heavy atom. The maximum atomic E-state index is 5.12. The summed E-state index contributed by atoms with van der Waals surface area (Å²) in [6, 6.07) is 0.270. The number of ether oxygens (including phenoxy) is 1. The van der Waals surface area contributed by atoms with Gasteiger partial charge in [-0.15, -0.1) is 0 Å². The summed E-state index contributed by atoms with van der Waals surface area (Å²) < 4.78 is 5.12. The van der Waals surface area contributed by atoms with Crippen LogP contribution in [0.3, 0.4) is 0 Å². The van der Waals surface area contributed by atoms with Crippen LogP contribution >= 0.6 is 0 Å². The van der Waals surface area contributed by atoms with Crippen LogP contribution in [0.4, 0.5) is 0 Å². The van der Waals surface area contributed by atoms with E-state index in [9.17, 15) is 0 Å². The molecule has 0 radical (unpaired) electrons. The van der Waals surface area contributed by atoms with Crippen molar-refractivity contribution in [3.8, 4) is 0 Å². The molecule has 1 unspecified atom stereocenters. The summed E-state index contributed by atoms with van der Waals surface area (Å²) in [4.78, 5) is 9.34. The van der Waals surface area contributed by atoms with Crippen molar-refractivity contribution >= 4 is 5.96 Å². The number of hydrogen-bond donors (Lipinski definition) is 2. The van der Waals surface area contributed by atoms with Crippen LogP contribution < -0.4 is 10.6 Å². The quantitative estimate of drug-likeness (QED) is 0.371. The fourth-order valence-electron chi connectivity index (χ4n) is 2.72. The van der Waals surface area contributed by atoms with Crippen LogP contribution in [0.5, 0.6) is 0 Å². The minimum absolute atomic E-state index is 0.270. The van der Waals surface area contributed by atoms with Crippen molar-refractivity contribution in [3.63, 3.8) is 0 Å². The molecule has 0 aromatic rings. The zero-order valence-electron chi connectivity index (χ0n) is 14.9. The lowest BCUT2D eigenvalue weighted by atomic mass is 10.2. The third-order valence-electron chi connectivity index (χ3n) is 4.13. The minimum Gasteiger partial charge on any atom is -0.383 e. The molecule has 0 aromatic heterocycles. The highest BCUT2D eigenvalue weighted by Gasteiger charge is 2.14. The first-order valence-electron chi connectivity index (χ1n) is 8.60. The van der Waals surface area contributed by atoms with Gasteiger partial charge in [0.05, 0.1) is 6.61 Å². The number of hydrogen-bond acceptors (Lipinski definition) is 4. The van der Waals surface area contributed by atoms with Crippen LogP contribution in [0.1, 0.15) is 26.7 Å². The molecule has 22 heavy (non-hydrogen) atoms. The highest BCUT2D eigenvalue weighted by molar-refractivity contribution is 5.79. The van der Waals surface area contributed by atoms with Crippen molar-refractivity contribution in [1.82, 2.24) is 20.4 Å². The summed E-state index contributed by atoms with van der Waals surface area (Å²) >= 11 is 0. The number of aliphatic imine (C=N–C) groups is 1. The van der Waals surface area contributed by atoms with Crippen LogP contribution in [-0.2, 0) is 4.74 Å². The van der Waals surface area contributed by atoms with Gasteiger partial charge in [0, 0.05) is 52.9 Å². The molecule has 0 aliphatic carbocycles. The van der Waals surface area contributed by atoms with E-state index in [1.54, 1.807) is 7.11 Å². The SMILES string of the molecule is CCN1CCN(CCCCNC(=NC)NC(C)COC)CC1. The number of likely N-dealkylation sites (N-methyl/N-ethyl adjacent to an activating group) is 1. The first-order chi connectivity index (χ1) is 10.7. The lowest BCUT2D eigenvalue weighted by Crippen LogP contribution is -2.46. The van der Waals surface area contributed by atoms with Crippen molar-refractivity contribution < 1.29 is 4.74 Å². The summed E-state index contributed by atoms with van der Waals surface area (Å²) in [5.41, 5.74) is 0. The average Bonchev–Trinajstić information content (AvgIpc) is 2.54. The molecule has 1 fully saturated rings. The molecule has 6 heteroatoms. The average molecular weight is 313 g/mol. The van der Waals surface area contributed by atoms with Crippen molar-refractivity contribution in [3.05, 3.63) is 0 Å². The van der Waals surface area contributed by atoms with Gasteiger partial charge in [-0.25, -0.2) is 0 Å². The number of piperazine rings is 1. The van der Waals surface area contributed by atoms with E-state index in [0.717, 1.165) is 12.5 Å². The van der Waals surface area contributed by atoms with E-state index in [2.05, 4.69) is 39.3 Å². The molecule has 0 saturated carbocycles. The molecule has 0 bridgehead atoms. The number of methoxy groups -OCH3 is 1. The predicted molar refractivity (Wildman–Crippen MR) is 93.6 cm³/mol. The summed E-state index contributed by atoms with van der Waals surface area (Å²) in [6.07, 6.45) is 2.41. The molecular formula is C16H35N5O. The predicted octanol–water partition coefficient (Wildman–Crippen LogP) is 0.604. The van der Waals surface area contributed by atoms with Crippen LogP contribution in [0, 0.1) is 0 Å². The maximum Gasteiger partial charge on any atom is 0.191 e. The van der Waals surface area contributed by atoms with Gasteiger partial charge in [0.1, 0.15) is 0 Å². The van der Waals surface area contributed by atoms with Gasteiger partial charge in [0.2, 0.25) is 0 Å². The zero-order chi connectivity index (χ0) is 16.2. The Kier molecular flexibility index (Phi) is 10.2. The minimum atomic E-state index is 0.270. The number of guanidine groups is 1. The van der Waals surface area contributed by atoms with E-state index in [-0.39, 0.29) is 6.04 Å². The van der Waals surface area contributed by atoms with E-state index in [4.69, 9.17) is 4.74 Å². The third kappa shape index (κ3) is 7.96. The standard InChI is InChI=1S/C16H35N5O/c1-5-20-10-12-21(13-11-20)9-7-6-8-18-16(17-3)19-15(2)14-22-4/h15H,5-14H2,1-4H3,(H2,17,18,19). The molecule has 130 valence electrons.